The predicted octanol–water partition coefficient (Wildman–Crippen LogP) is 2.65. The molecule has 0 aliphatic heterocycles. The predicted molar refractivity (Wildman–Crippen MR) is 77.4 cm³/mol. The van der Waals surface area contributed by atoms with E-state index in [1.54, 1.807) is 12.1 Å². The average Bonchev–Trinajstić information content (AvgIpc) is 2.52. The number of methoxy groups -OCH3 is 3. The van der Waals surface area contributed by atoms with Gasteiger partial charge in [-0.05, 0) is 18.9 Å². The summed E-state index contributed by atoms with van der Waals surface area (Å²) in [5.74, 6) is 1.24. The summed E-state index contributed by atoms with van der Waals surface area (Å²) >= 11 is 0. The second-order valence-corrected chi connectivity index (χ2v) is 5.10. The van der Waals surface area contributed by atoms with E-state index in [4.69, 9.17) is 14.2 Å². The Bertz CT molecular complexity index is 550. The summed E-state index contributed by atoms with van der Waals surface area (Å²) in [6.07, 6.45) is 2.40. The first-order valence-electron chi connectivity index (χ1n) is 6.96. The van der Waals surface area contributed by atoms with Crippen LogP contribution < -0.4 is 14.2 Å². The fourth-order valence-corrected chi connectivity index (χ4v) is 2.69. The van der Waals surface area contributed by atoms with E-state index in [0.29, 0.717) is 35.7 Å². The third kappa shape index (κ3) is 3.17. The van der Waals surface area contributed by atoms with Crippen LogP contribution in [0, 0.1) is 5.92 Å². The van der Waals surface area contributed by atoms with Crippen LogP contribution in [0.15, 0.2) is 12.1 Å². The van der Waals surface area contributed by atoms with Gasteiger partial charge in [0.15, 0.2) is 17.3 Å². The van der Waals surface area contributed by atoms with E-state index in [9.17, 15) is 9.59 Å². The van der Waals surface area contributed by atoms with Crippen LogP contribution in [0.3, 0.4) is 0 Å². The van der Waals surface area contributed by atoms with Crippen LogP contribution in [0.25, 0.3) is 0 Å². The number of rotatable bonds is 5. The van der Waals surface area contributed by atoms with Gasteiger partial charge in [-0.15, -0.1) is 0 Å². The van der Waals surface area contributed by atoms with Gasteiger partial charge in [-0.25, -0.2) is 0 Å². The van der Waals surface area contributed by atoms with E-state index in [1.807, 2.05) is 0 Å². The largest absolute Gasteiger partial charge is 0.496 e. The Morgan fingerprint density at radius 2 is 1.67 bits per heavy atom. The lowest BCUT2D eigenvalue weighted by atomic mass is 9.83. The second kappa shape index (κ2) is 6.61. The summed E-state index contributed by atoms with van der Waals surface area (Å²) in [6.45, 7) is 0. The normalized spacial score (nSPS) is 18.2. The Morgan fingerprint density at radius 3 is 2.24 bits per heavy atom. The molecule has 0 spiro atoms. The Morgan fingerprint density at radius 1 is 1.05 bits per heavy atom. The lowest BCUT2D eigenvalue weighted by Gasteiger charge is -2.21. The SMILES string of the molecule is COc1cc(OC)c(C(=O)C2CCCC(=O)C2)cc1OC. The molecule has 0 bridgehead atoms. The zero-order valence-electron chi connectivity index (χ0n) is 12.6. The van der Waals surface area contributed by atoms with Crippen LogP contribution in [0.5, 0.6) is 17.2 Å². The van der Waals surface area contributed by atoms with Crippen LogP contribution in [-0.2, 0) is 4.79 Å². The number of carbonyl (C=O) groups excluding carboxylic acids is 2. The molecular weight excluding hydrogens is 272 g/mol. The Labute approximate surface area is 124 Å². The van der Waals surface area contributed by atoms with Gasteiger partial charge in [0, 0.05) is 24.8 Å². The van der Waals surface area contributed by atoms with E-state index < -0.39 is 0 Å². The van der Waals surface area contributed by atoms with Crippen LogP contribution in [0.1, 0.15) is 36.0 Å². The molecule has 1 unspecified atom stereocenters. The number of benzene rings is 1. The van der Waals surface area contributed by atoms with Gasteiger partial charge < -0.3 is 14.2 Å². The molecule has 5 nitrogen and oxygen atoms in total. The van der Waals surface area contributed by atoms with Crippen molar-refractivity contribution < 1.29 is 23.8 Å². The quantitative estimate of drug-likeness (QED) is 0.781. The molecule has 0 saturated heterocycles. The van der Waals surface area contributed by atoms with Gasteiger partial charge in [0.25, 0.3) is 0 Å². The molecule has 114 valence electrons. The van der Waals surface area contributed by atoms with Crippen LogP contribution >= 0.6 is 0 Å². The van der Waals surface area contributed by atoms with E-state index in [1.165, 1.54) is 21.3 Å². The summed E-state index contributed by atoms with van der Waals surface area (Å²) in [5, 5.41) is 0. The Hall–Kier alpha value is -2.04. The molecule has 0 N–H and O–H groups in total. The number of hydrogen-bond donors (Lipinski definition) is 0. The van der Waals surface area contributed by atoms with Crippen molar-refractivity contribution in [2.45, 2.75) is 25.7 Å². The number of ether oxygens (including phenoxy) is 3. The third-order valence-electron chi connectivity index (χ3n) is 3.82. The van der Waals surface area contributed by atoms with Gasteiger partial charge in [-0.3, -0.25) is 9.59 Å². The van der Waals surface area contributed by atoms with E-state index in [-0.39, 0.29) is 17.5 Å². The van der Waals surface area contributed by atoms with Gasteiger partial charge >= 0.3 is 0 Å². The van der Waals surface area contributed by atoms with Crippen molar-refractivity contribution in [3.05, 3.63) is 17.7 Å². The highest BCUT2D eigenvalue weighted by Gasteiger charge is 2.29. The highest BCUT2D eigenvalue weighted by atomic mass is 16.5. The van der Waals surface area contributed by atoms with Gasteiger partial charge in [0.05, 0.1) is 26.9 Å². The molecule has 1 atom stereocenters. The second-order valence-electron chi connectivity index (χ2n) is 5.10. The van der Waals surface area contributed by atoms with Gasteiger partial charge in [0.1, 0.15) is 11.5 Å². The smallest absolute Gasteiger partial charge is 0.170 e. The molecule has 1 aliphatic rings. The maximum absolute atomic E-state index is 12.7. The van der Waals surface area contributed by atoms with Gasteiger partial charge in [-0.2, -0.15) is 0 Å². The molecule has 5 heteroatoms. The molecule has 1 aliphatic carbocycles. The highest BCUT2D eigenvalue weighted by molar-refractivity contribution is 6.03. The molecule has 0 heterocycles. The minimum absolute atomic E-state index is 0.0687. The first-order chi connectivity index (χ1) is 10.1. The summed E-state index contributed by atoms with van der Waals surface area (Å²) in [5.41, 5.74) is 0.440. The molecule has 2 rings (SSSR count). The third-order valence-corrected chi connectivity index (χ3v) is 3.82. The average molecular weight is 292 g/mol. The highest BCUT2D eigenvalue weighted by Crippen LogP contribution is 2.37. The zero-order valence-corrected chi connectivity index (χ0v) is 12.6. The molecule has 1 aromatic carbocycles. The summed E-state index contributed by atoms with van der Waals surface area (Å²) in [4.78, 5) is 24.2. The maximum Gasteiger partial charge on any atom is 0.170 e. The minimum atomic E-state index is -0.266. The van der Waals surface area contributed by atoms with Crippen molar-refractivity contribution in [3.8, 4) is 17.2 Å². The fourth-order valence-electron chi connectivity index (χ4n) is 2.69. The molecule has 0 aromatic heterocycles. The van der Waals surface area contributed by atoms with Crippen LogP contribution in [-0.4, -0.2) is 32.9 Å². The lowest BCUT2D eigenvalue weighted by molar-refractivity contribution is -0.121. The maximum atomic E-state index is 12.7. The Kier molecular flexibility index (Phi) is 4.83. The minimum Gasteiger partial charge on any atom is -0.496 e. The van der Waals surface area contributed by atoms with Gasteiger partial charge in [-0.1, -0.05) is 0 Å². The fraction of sp³-hybridized carbons (Fsp3) is 0.500. The van der Waals surface area contributed by atoms with Crippen molar-refractivity contribution in [1.29, 1.82) is 0 Å². The molecule has 21 heavy (non-hydrogen) atoms. The Balaban J connectivity index is 2.37. The van der Waals surface area contributed by atoms with Crippen molar-refractivity contribution in [3.63, 3.8) is 0 Å². The molecular formula is C16H20O5. The zero-order chi connectivity index (χ0) is 15.4. The van der Waals surface area contributed by atoms with Crippen molar-refractivity contribution >= 4 is 11.6 Å². The van der Waals surface area contributed by atoms with Gasteiger partial charge in [0.2, 0.25) is 0 Å². The summed E-state index contributed by atoms with van der Waals surface area (Å²) in [6, 6.07) is 3.26. The van der Waals surface area contributed by atoms with E-state index >= 15 is 0 Å². The molecule has 1 saturated carbocycles. The summed E-state index contributed by atoms with van der Waals surface area (Å²) in [7, 11) is 4.55. The van der Waals surface area contributed by atoms with Crippen molar-refractivity contribution in [2.75, 3.05) is 21.3 Å². The number of hydrogen-bond acceptors (Lipinski definition) is 5. The monoisotopic (exact) mass is 292 g/mol. The first kappa shape index (κ1) is 15.4. The lowest BCUT2D eigenvalue weighted by Crippen LogP contribution is -2.23. The van der Waals surface area contributed by atoms with Crippen LogP contribution in [0.4, 0.5) is 0 Å². The molecule has 0 radical (unpaired) electrons. The summed E-state index contributed by atoms with van der Waals surface area (Å²) < 4.78 is 15.7. The topological polar surface area (TPSA) is 61.8 Å². The standard InChI is InChI=1S/C16H20O5/c1-19-13-9-15(21-3)14(20-2)8-12(13)16(18)10-5-4-6-11(17)7-10/h8-10H,4-7H2,1-3H3. The first-order valence-corrected chi connectivity index (χ1v) is 6.96. The van der Waals surface area contributed by atoms with Crippen molar-refractivity contribution in [1.82, 2.24) is 0 Å². The molecule has 1 fully saturated rings. The van der Waals surface area contributed by atoms with Crippen LogP contribution in [0.2, 0.25) is 0 Å². The number of ketones is 2. The van der Waals surface area contributed by atoms with Crippen molar-refractivity contribution in [2.24, 2.45) is 5.92 Å². The number of Topliss-reactive ketones (excluding diaryl/α,β-unsaturated/α-hetero) is 2. The van der Waals surface area contributed by atoms with E-state index in [2.05, 4.69) is 0 Å². The molecule has 0 amide bonds. The molecule has 1 aromatic rings. The van der Waals surface area contributed by atoms with E-state index in [0.717, 1.165) is 12.8 Å². The number of carbonyl (C=O) groups is 2.